The van der Waals surface area contributed by atoms with E-state index in [2.05, 4.69) is 4.72 Å². The number of sulfonamides is 1. The number of hydrogen-bond donors (Lipinski definition) is 1. The van der Waals surface area contributed by atoms with Gasteiger partial charge in [0, 0.05) is 6.07 Å². The van der Waals surface area contributed by atoms with Gasteiger partial charge in [-0.2, -0.15) is 4.72 Å². The Balaban J connectivity index is 2.33. The van der Waals surface area contributed by atoms with Crippen LogP contribution in [0.5, 0.6) is 5.75 Å². The second kappa shape index (κ2) is 9.29. The average molecular weight is 408 g/mol. The van der Waals surface area contributed by atoms with Gasteiger partial charge < -0.3 is 9.47 Å². The molecule has 0 fully saturated rings. The summed E-state index contributed by atoms with van der Waals surface area (Å²) in [6.45, 7) is 1.66. The van der Waals surface area contributed by atoms with Crippen molar-refractivity contribution in [2.24, 2.45) is 0 Å². The number of methoxy groups -OCH3 is 1. The molecule has 0 unspecified atom stereocenters. The molecule has 2 aromatic rings. The quantitative estimate of drug-likeness (QED) is 0.382. The van der Waals surface area contributed by atoms with Crippen molar-refractivity contribution in [3.63, 3.8) is 0 Å². The molecule has 150 valence electrons. The normalized spacial score (nSPS) is 12.2. The summed E-state index contributed by atoms with van der Waals surface area (Å²) in [5, 5.41) is 11.2. The predicted octanol–water partition coefficient (Wildman–Crippen LogP) is 2.06. The molecule has 9 nitrogen and oxygen atoms in total. The van der Waals surface area contributed by atoms with Crippen molar-refractivity contribution in [1.82, 2.24) is 4.72 Å². The summed E-state index contributed by atoms with van der Waals surface area (Å²) in [5.41, 5.74) is 0.0924. The van der Waals surface area contributed by atoms with E-state index >= 15 is 0 Å². The lowest BCUT2D eigenvalue weighted by Crippen LogP contribution is -2.43. The van der Waals surface area contributed by atoms with Crippen LogP contribution in [-0.4, -0.2) is 39.1 Å². The van der Waals surface area contributed by atoms with E-state index in [4.69, 9.17) is 9.47 Å². The summed E-state index contributed by atoms with van der Waals surface area (Å²) in [5.74, 6) is -0.716. The largest absolute Gasteiger partial charge is 0.490 e. The molecule has 0 aromatic heterocycles. The fraction of sp³-hybridized carbons (Fsp3) is 0.278. The highest BCUT2D eigenvalue weighted by molar-refractivity contribution is 7.89. The third-order valence-corrected chi connectivity index (χ3v) is 5.29. The van der Waals surface area contributed by atoms with E-state index in [1.54, 1.807) is 25.1 Å². The monoisotopic (exact) mass is 408 g/mol. The van der Waals surface area contributed by atoms with Crippen molar-refractivity contribution < 1.29 is 27.6 Å². The maximum atomic E-state index is 12.6. The van der Waals surface area contributed by atoms with Gasteiger partial charge in [0.15, 0.2) is 5.75 Å². The van der Waals surface area contributed by atoms with E-state index in [-0.39, 0.29) is 29.4 Å². The number of esters is 1. The van der Waals surface area contributed by atoms with Gasteiger partial charge in [-0.15, -0.1) is 0 Å². The van der Waals surface area contributed by atoms with E-state index in [1.165, 1.54) is 37.4 Å². The summed E-state index contributed by atoms with van der Waals surface area (Å²) < 4.78 is 37.4. The zero-order chi connectivity index (χ0) is 20.7. The third-order valence-electron chi connectivity index (χ3n) is 3.80. The van der Waals surface area contributed by atoms with Crippen molar-refractivity contribution in [1.29, 1.82) is 0 Å². The van der Waals surface area contributed by atoms with Crippen LogP contribution in [0.15, 0.2) is 53.4 Å². The predicted molar refractivity (Wildman–Crippen MR) is 101 cm³/mol. The highest BCUT2D eigenvalue weighted by Gasteiger charge is 2.28. The minimum absolute atomic E-state index is 0.00925. The molecular formula is C18H20N2O7S. The minimum Gasteiger partial charge on any atom is -0.490 e. The van der Waals surface area contributed by atoms with Crippen LogP contribution >= 0.6 is 0 Å². The molecule has 0 bridgehead atoms. The zero-order valence-electron chi connectivity index (χ0n) is 15.3. The first kappa shape index (κ1) is 21.3. The lowest BCUT2D eigenvalue weighted by molar-refractivity contribution is -0.385. The molecule has 1 atom stereocenters. The van der Waals surface area contributed by atoms with E-state index < -0.39 is 27.0 Å². The first-order chi connectivity index (χ1) is 13.3. The highest BCUT2D eigenvalue weighted by Crippen LogP contribution is 2.28. The van der Waals surface area contributed by atoms with Crippen molar-refractivity contribution >= 4 is 21.7 Å². The van der Waals surface area contributed by atoms with E-state index in [0.29, 0.717) is 5.56 Å². The number of benzene rings is 2. The Morgan fingerprint density at radius 2 is 1.89 bits per heavy atom. The van der Waals surface area contributed by atoms with Crippen molar-refractivity contribution in [2.45, 2.75) is 24.3 Å². The van der Waals surface area contributed by atoms with Gasteiger partial charge in [-0.05, 0) is 37.1 Å². The number of nitro groups is 1. The second-order valence-electron chi connectivity index (χ2n) is 5.71. The van der Waals surface area contributed by atoms with E-state index in [1.807, 2.05) is 0 Å². The molecule has 0 spiro atoms. The van der Waals surface area contributed by atoms with Gasteiger partial charge in [0.1, 0.15) is 6.04 Å². The molecular weight excluding hydrogens is 388 g/mol. The Morgan fingerprint density at radius 3 is 2.46 bits per heavy atom. The lowest BCUT2D eigenvalue weighted by atomic mass is 10.1. The molecule has 0 aliphatic carbocycles. The van der Waals surface area contributed by atoms with Crippen LogP contribution in [0.3, 0.4) is 0 Å². The lowest BCUT2D eigenvalue weighted by Gasteiger charge is -2.18. The summed E-state index contributed by atoms with van der Waals surface area (Å²) in [6.07, 6.45) is -0.129. The fourth-order valence-corrected chi connectivity index (χ4v) is 3.72. The molecule has 0 heterocycles. The van der Waals surface area contributed by atoms with Gasteiger partial charge in [-0.25, -0.2) is 8.42 Å². The fourth-order valence-electron chi connectivity index (χ4n) is 2.51. The van der Waals surface area contributed by atoms with Gasteiger partial charge in [0.25, 0.3) is 0 Å². The minimum atomic E-state index is -3.99. The molecule has 0 radical (unpaired) electrons. The summed E-state index contributed by atoms with van der Waals surface area (Å²) in [4.78, 5) is 22.9. The molecule has 28 heavy (non-hydrogen) atoms. The topological polar surface area (TPSA) is 125 Å². The number of nitro benzene ring substituents is 1. The molecule has 0 aliphatic rings. The number of rotatable bonds is 9. The summed E-state index contributed by atoms with van der Waals surface area (Å²) >= 11 is 0. The second-order valence-corrected chi connectivity index (χ2v) is 7.42. The molecule has 0 saturated carbocycles. The van der Waals surface area contributed by atoms with Crippen LogP contribution in [0.4, 0.5) is 5.69 Å². The van der Waals surface area contributed by atoms with E-state index in [0.717, 1.165) is 0 Å². The number of carbonyl (C=O) groups excluding carboxylic acids is 1. The molecule has 2 rings (SSSR count). The molecule has 2 aromatic carbocycles. The van der Waals surface area contributed by atoms with Crippen LogP contribution in [0.2, 0.25) is 0 Å². The van der Waals surface area contributed by atoms with Gasteiger partial charge >= 0.3 is 11.7 Å². The average Bonchev–Trinajstić information content (AvgIpc) is 2.68. The Labute approximate surface area is 162 Å². The van der Waals surface area contributed by atoms with Crippen LogP contribution < -0.4 is 9.46 Å². The van der Waals surface area contributed by atoms with Gasteiger partial charge in [0.2, 0.25) is 10.0 Å². The first-order valence-corrected chi connectivity index (χ1v) is 9.82. The molecule has 0 aliphatic heterocycles. The Hall–Kier alpha value is -2.98. The van der Waals surface area contributed by atoms with Crippen LogP contribution in [0.1, 0.15) is 12.5 Å². The van der Waals surface area contributed by atoms with E-state index in [9.17, 15) is 23.3 Å². The smallest absolute Gasteiger partial charge is 0.324 e. The first-order valence-electron chi connectivity index (χ1n) is 8.33. The molecule has 10 heteroatoms. The SMILES string of the molecule is CCOC(=O)[C@H](Cc1ccc(OC)c([N+](=O)[O-])c1)NS(=O)(=O)c1ccccc1. The highest BCUT2D eigenvalue weighted by atomic mass is 32.2. The van der Waals surface area contributed by atoms with Crippen LogP contribution in [-0.2, 0) is 26.0 Å². The Kier molecular flexibility index (Phi) is 7.07. The standard InChI is InChI=1S/C18H20N2O7S/c1-3-27-18(21)15(19-28(24,25)14-7-5-4-6-8-14)11-13-9-10-17(26-2)16(12-13)20(22)23/h4-10,12,15,19H,3,11H2,1-2H3/t15-/m0/s1. The molecule has 0 saturated heterocycles. The van der Waals surface area contributed by atoms with Crippen molar-refractivity contribution in [2.75, 3.05) is 13.7 Å². The number of nitrogens with one attached hydrogen (secondary N) is 1. The molecule has 0 amide bonds. The number of ether oxygens (including phenoxy) is 2. The zero-order valence-corrected chi connectivity index (χ0v) is 16.1. The number of nitrogens with zero attached hydrogens (tertiary/aromatic N) is 1. The van der Waals surface area contributed by atoms with Gasteiger partial charge in [0.05, 0.1) is 23.5 Å². The van der Waals surface area contributed by atoms with Crippen molar-refractivity contribution in [3.8, 4) is 5.75 Å². The Morgan fingerprint density at radius 1 is 1.21 bits per heavy atom. The van der Waals surface area contributed by atoms with Crippen molar-refractivity contribution in [3.05, 3.63) is 64.2 Å². The van der Waals surface area contributed by atoms with Gasteiger partial charge in [-0.1, -0.05) is 24.3 Å². The third kappa shape index (κ3) is 5.27. The van der Waals surface area contributed by atoms with Gasteiger partial charge in [-0.3, -0.25) is 14.9 Å². The number of hydrogen-bond acceptors (Lipinski definition) is 7. The number of carbonyl (C=O) groups is 1. The van der Waals surface area contributed by atoms with Crippen LogP contribution in [0.25, 0.3) is 0 Å². The van der Waals surface area contributed by atoms with Crippen LogP contribution in [0, 0.1) is 10.1 Å². The summed E-state index contributed by atoms with van der Waals surface area (Å²) in [7, 11) is -2.69. The molecule has 1 N–H and O–H groups in total. The maximum Gasteiger partial charge on any atom is 0.324 e. The maximum absolute atomic E-state index is 12.6. The Bertz CT molecular complexity index is 946. The summed E-state index contributed by atoms with van der Waals surface area (Å²) in [6, 6.07) is 10.5.